The summed E-state index contributed by atoms with van der Waals surface area (Å²) in [6, 6.07) is 0. The SMILES string of the molecule is C=C/C=c1/c(=O)[nH]c(C(=O)OCC)n/c1=C/C. The molecule has 5 nitrogen and oxygen atoms in total. The van der Waals surface area contributed by atoms with Crippen molar-refractivity contribution in [2.24, 2.45) is 0 Å². The molecule has 1 aromatic heterocycles. The number of aromatic amines is 1. The molecular formula is C12H14N2O3. The molecule has 1 N–H and O–H groups in total. The van der Waals surface area contributed by atoms with Crippen LogP contribution in [0.5, 0.6) is 0 Å². The highest BCUT2D eigenvalue weighted by Crippen LogP contribution is 1.86. The number of esters is 1. The Morgan fingerprint density at radius 1 is 1.59 bits per heavy atom. The summed E-state index contributed by atoms with van der Waals surface area (Å²) >= 11 is 0. The van der Waals surface area contributed by atoms with E-state index in [-0.39, 0.29) is 12.4 Å². The minimum Gasteiger partial charge on any atom is -0.460 e. The van der Waals surface area contributed by atoms with Crippen molar-refractivity contribution >= 4 is 18.1 Å². The minimum atomic E-state index is -0.641. The molecule has 0 aliphatic rings. The van der Waals surface area contributed by atoms with Crippen molar-refractivity contribution in [2.75, 3.05) is 6.61 Å². The Kier molecular flexibility index (Phi) is 4.39. The van der Waals surface area contributed by atoms with Crippen LogP contribution in [0.4, 0.5) is 0 Å². The van der Waals surface area contributed by atoms with Gasteiger partial charge in [-0.1, -0.05) is 18.7 Å². The molecule has 1 aromatic rings. The van der Waals surface area contributed by atoms with Crippen molar-refractivity contribution in [1.82, 2.24) is 9.97 Å². The highest BCUT2D eigenvalue weighted by atomic mass is 16.5. The summed E-state index contributed by atoms with van der Waals surface area (Å²) < 4.78 is 4.77. The number of ether oxygens (including phenoxy) is 1. The summed E-state index contributed by atoms with van der Waals surface area (Å²) in [6.07, 6.45) is 4.67. The fourth-order valence-corrected chi connectivity index (χ4v) is 1.29. The summed E-state index contributed by atoms with van der Waals surface area (Å²) in [5, 5.41) is 0.798. The topological polar surface area (TPSA) is 72.0 Å². The number of nitrogens with one attached hydrogen (secondary N) is 1. The van der Waals surface area contributed by atoms with Gasteiger partial charge in [-0.2, -0.15) is 0 Å². The fourth-order valence-electron chi connectivity index (χ4n) is 1.29. The third kappa shape index (κ3) is 2.90. The molecule has 0 bridgehead atoms. The molecule has 0 radical (unpaired) electrons. The number of aromatic nitrogens is 2. The normalized spacial score (nSPS) is 12.6. The molecule has 0 unspecified atom stereocenters. The number of H-pyrrole nitrogens is 1. The molecule has 0 fully saturated rings. The number of carbonyl (C=O) groups is 1. The molecule has 90 valence electrons. The van der Waals surface area contributed by atoms with E-state index in [9.17, 15) is 9.59 Å². The second kappa shape index (κ2) is 5.79. The number of nitrogens with zero attached hydrogens (tertiary/aromatic N) is 1. The quantitative estimate of drug-likeness (QED) is 0.730. The number of hydrogen-bond acceptors (Lipinski definition) is 4. The molecular weight excluding hydrogens is 220 g/mol. The fraction of sp³-hybridized carbons (Fsp3) is 0.250. The zero-order chi connectivity index (χ0) is 12.8. The zero-order valence-corrected chi connectivity index (χ0v) is 9.82. The number of rotatable bonds is 3. The second-order valence-electron chi connectivity index (χ2n) is 3.12. The summed E-state index contributed by atoms with van der Waals surface area (Å²) in [5.41, 5.74) is -0.393. The van der Waals surface area contributed by atoms with Gasteiger partial charge in [-0.25, -0.2) is 9.78 Å². The van der Waals surface area contributed by atoms with Gasteiger partial charge in [0, 0.05) is 0 Å². The van der Waals surface area contributed by atoms with Crippen molar-refractivity contribution in [3.8, 4) is 0 Å². The van der Waals surface area contributed by atoms with E-state index in [2.05, 4.69) is 16.5 Å². The number of hydrogen-bond donors (Lipinski definition) is 1. The lowest BCUT2D eigenvalue weighted by atomic mass is 10.3. The Hall–Kier alpha value is -2.17. The molecule has 0 saturated heterocycles. The van der Waals surface area contributed by atoms with Crippen molar-refractivity contribution in [3.63, 3.8) is 0 Å². The van der Waals surface area contributed by atoms with Crippen LogP contribution in [0.1, 0.15) is 24.5 Å². The van der Waals surface area contributed by atoms with Gasteiger partial charge in [0.1, 0.15) is 0 Å². The zero-order valence-electron chi connectivity index (χ0n) is 9.82. The lowest BCUT2D eigenvalue weighted by Crippen LogP contribution is -2.44. The first-order valence-corrected chi connectivity index (χ1v) is 5.20. The third-order valence-electron chi connectivity index (χ3n) is 2.01. The average Bonchev–Trinajstić information content (AvgIpc) is 2.31. The molecule has 17 heavy (non-hydrogen) atoms. The van der Waals surface area contributed by atoms with Crippen molar-refractivity contribution in [3.05, 3.63) is 39.4 Å². The van der Waals surface area contributed by atoms with Gasteiger partial charge in [0.15, 0.2) is 0 Å². The Bertz CT molecular complexity index is 599. The smallest absolute Gasteiger partial charge is 0.374 e. The van der Waals surface area contributed by atoms with Crippen LogP contribution in [-0.2, 0) is 4.74 Å². The number of carbonyl (C=O) groups excluding carboxylic acids is 1. The van der Waals surface area contributed by atoms with Crippen LogP contribution in [0.15, 0.2) is 17.4 Å². The Balaban J connectivity index is 3.50. The van der Waals surface area contributed by atoms with Crippen LogP contribution in [0.3, 0.4) is 0 Å². The predicted molar refractivity (Wildman–Crippen MR) is 64.9 cm³/mol. The van der Waals surface area contributed by atoms with Gasteiger partial charge >= 0.3 is 5.97 Å². The van der Waals surface area contributed by atoms with Crippen LogP contribution < -0.4 is 16.1 Å². The van der Waals surface area contributed by atoms with Gasteiger partial charge in [-0.15, -0.1) is 0 Å². The van der Waals surface area contributed by atoms with Crippen molar-refractivity contribution < 1.29 is 9.53 Å². The molecule has 0 aromatic carbocycles. The monoisotopic (exact) mass is 234 g/mol. The van der Waals surface area contributed by atoms with Gasteiger partial charge in [-0.3, -0.25) is 4.79 Å². The van der Waals surface area contributed by atoms with E-state index in [1.807, 2.05) is 0 Å². The summed E-state index contributed by atoms with van der Waals surface area (Å²) in [4.78, 5) is 29.6. The molecule has 5 heteroatoms. The van der Waals surface area contributed by atoms with E-state index in [4.69, 9.17) is 4.74 Å². The van der Waals surface area contributed by atoms with Crippen LogP contribution in [0, 0.1) is 0 Å². The van der Waals surface area contributed by atoms with Crippen LogP contribution in [0.2, 0.25) is 0 Å². The molecule has 0 amide bonds. The maximum atomic E-state index is 11.7. The molecule has 0 saturated carbocycles. The van der Waals surface area contributed by atoms with Crippen LogP contribution >= 0.6 is 0 Å². The van der Waals surface area contributed by atoms with E-state index < -0.39 is 11.5 Å². The Morgan fingerprint density at radius 2 is 2.29 bits per heavy atom. The van der Waals surface area contributed by atoms with Crippen molar-refractivity contribution in [1.29, 1.82) is 0 Å². The molecule has 0 spiro atoms. The maximum absolute atomic E-state index is 11.7. The Morgan fingerprint density at radius 3 is 2.82 bits per heavy atom. The first kappa shape index (κ1) is 12.9. The van der Waals surface area contributed by atoms with Gasteiger partial charge in [0.05, 0.1) is 17.2 Å². The second-order valence-corrected chi connectivity index (χ2v) is 3.12. The Labute approximate surface area is 98.2 Å². The van der Waals surface area contributed by atoms with E-state index >= 15 is 0 Å². The van der Waals surface area contributed by atoms with Gasteiger partial charge in [-0.05, 0) is 19.9 Å². The van der Waals surface area contributed by atoms with E-state index in [1.165, 1.54) is 12.2 Å². The molecule has 0 aliphatic carbocycles. The highest BCUT2D eigenvalue weighted by Gasteiger charge is 2.09. The summed E-state index contributed by atoms with van der Waals surface area (Å²) in [5.74, 6) is -0.732. The summed E-state index contributed by atoms with van der Waals surface area (Å²) in [6.45, 7) is 7.16. The minimum absolute atomic E-state index is 0.0915. The van der Waals surface area contributed by atoms with E-state index in [0.717, 1.165) is 0 Å². The lowest BCUT2D eigenvalue weighted by Gasteiger charge is -2.00. The van der Waals surface area contributed by atoms with Gasteiger partial charge in [0.2, 0.25) is 5.82 Å². The third-order valence-corrected chi connectivity index (χ3v) is 2.01. The maximum Gasteiger partial charge on any atom is 0.374 e. The molecule has 0 aliphatic heterocycles. The first-order chi connectivity index (χ1) is 8.13. The number of allylic oxidation sites excluding steroid dienone is 1. The summed E-state index contributed by atoms with van der Waals surface area (Å²) in [7, 11) is 0. The van der Waals surface area contributed by atoms with Crippen LogP contribution in [-0.4, -0.2) is 22.5 Å². The van der Waals surface area contributed by atoms with E-state index in [0.29, 0.717) is 10.6 Å². The lowest BCUT2D eigenvalue weighted by molar-refractivity contribution is 0.0511. The first-order valence-electron chi connectivity index (χ1n) is 5.20. The molecule has 1 rings (SSSR count). The van der Waals surface area contributed by atoms with Crippen LogP contribution in [0.25, 0.3) is 12.2 Å². The average molecular weight is 234 g/mol. The van der Waals surface area contributed by atoms with Crippen molar-refractivity contribution in [2.45, 2.75) is 13.8 Å². The molecule has 0 atom stereocenters. The van der Waals surface area contributed by atoms with E-state index in [1.54, 1.807) is 19.9 Å². The molecule has 1 heterocycles. The van der Waals surface area contributed by atoms with Gasteiger partial charge in [0.25, 0.3) is 5.56 Å². The predicted octanol–water partition coefficient (Wildman–Crippen LogP) is -0.287. The largest absolute Gasteiger partial charge is 0.460 e. The highest BCUT2D eigenvalue weighted by molar-refractivity contribution is 5.84. The standard InChI is InChI=1S/C12H14N2O3/c1-4-7-8-9(5-2)13-10(14-11(8)15)12(16)17-6-3/h4-5,7H,1,6H2,2-3H3,(H,13,14,15)/b8-7+,9-5+. The van der Waals surface area contributed by atoms with Gasteiger partial charge < -0.3 is 9.72 Å².